The number of halogens is 1. The zero-order chi connectivity index (χ0) is 16.4. The van der Waals surface area contributed by atoms with E-state index in [9.17, 15) is 0 Å². The van der Waals surface area contributed by atoms with E-state index < -0.39 is 0 Å². The summed E-state index contributed by atoms with van der Waals surface area (Å²) in [5.41, 5.74) is 2.64. The predicted molar refractivity (Wildman–Crippen MR) is 93.2 cm³/mol. The minimum atomic E-state index is 0.554. The van der Waals surface area contributed by atoms with Gasteiger partial charge >= 0.3 is 0 Å². The van der Waals surface area contributed by atoms with Crippen LogP contribution in [-0.4, -0.2) is 23.2 Å². The standard InChI is InChI=1S/C18H14ClN3O2/c19-18-13(12-4-5-15-16(10-12)24-9-8-23-15)2-1-3-14(18)22-17-11-20-6-7-21-17/h1-7,10-11H,8-9H2,(H,21,22). The van der Waals surface area contributed by atoms with Crippen LogP contribution in [0.4, 0.5) is 11.5 Å². The zero-order valence-corrected chi connectivity index (χ0v) is 13.5. The van der Waals surface area contributed by atoms with E-state index in [1.807, 2.05) is 36.4 Å². The molecule has 4 rings (SSSR count). The maximum Gasteiger partial charge on any atom is 0.161 e. The van der Waals surface area contributed by atoms with Crippen molar-refractivity contribution in [3.63, 3.8) is 0 Å². The molecule has 1 aromatic heterocycles. The van der Waals surface area contributed by atoms with E-state index in [-0.39, 0.29) is 0 Å². The van der Waals surface area contributed by atoms with Gasteiger partial charge in [-0.2, -0.15) is 0 Å². The number of nitrogens with one attached hydrogen (secondary N) is 1. The van der Waals surface area contributed by atoms with Gasteiger partial charge in [0.1, 0.15) is 19.0 Å². The Hall–Kier alpha value is -2.79. The van der Waals surface area contributed by atoms with Crippen molar-refractivity contribution in [1.82, 2.24) is 9.97 Å². The molecule has 2 heterocycles. The molecule has 1 N–H and O–H groups in total. The van der Waals surface area contributed by atoms with Crippen LogP contribution in [0.5, 0.6) is 11.5 Å². The van der Waals surface area contributed by atoms with Crippen molar-refractivity contribution in [1.29, 1.82) is 0 Å². The van der Waals surface area contributed by atoms with Crippen LogP contribution in [0, 0.1) is 0 Å². The van der Waals surface area contributed by atoms with Crippen LogP contribution >= 0.6 is 11.6 Å². The SMILES string of the molecule is Clc1c(Nc2cnccn2)cccc1-c1ccc2c(c1)OCCO2. The fourth-order valence-electron chi connectivity index (χ4n) is 2.56. The molecule has 24 heavy (non-hydrogen) atoms. The molecule has 3 aromatic rings. The minimum Gasteiger partial charge on any atom is -0.486 e. The van der Waals surface area contributed by atoms with Gasteiger partial charge in [-0.1, -0.05) is 29.8 Å². The summed E-state index contributed by atoms with van der Waals surface area (Å²) in [4.78, 5) is 8.25. The molecule has 0 fully saturated rings. The highest BCUT2D eigenvalue weighted by Gasteiger charge is 2.15. The fourth-order valence-corrected chi connectivity index (χ4v) is 2.85. The molecule has 120 valence electrons. The summed E-state index contributed by atoms with van der Waals surface area (Å²) in [6.07, 6.45) is 4.90. The summed E-state index contributed by atoms with van der Waals surface area (Å²) in [7, 11) is 0. The lowest BCUT2D eigenvalue weighted by atomic mass is 10.0. The molecule has 0 unspecified atom stereocenters. The predicted octanol–water partition coefficient (Wildman–Crippen LogP) is 4.31. The molecule has 5 nitrogen and oxygen atoms in total. The van der Waals surface area contributed by atoms with E-state index >= 15 is 0 Å². The molecule has 0 bridgehead atoms. The first-order chi connectivity index (χ1) is 11.8. The Labute approximate surface area is 144 Å². The second-order valence-corrected chi connectivity index (χ2v) is 5.62. The van der Waals surface area contributed by atoms with E-state index in [1.165, 1.54) is 0 Å². The molecular weight excluding hydrogens is 326 g/mol. The van der Waals surface area contributed by atoms with Gasteiger partial charge in [0, 0.05) is 18.0 Å². The Morgan fingerprint density at radius 3 is 2.71 bits per heavy atom. The van der Waals surface area contributed by atoms with Crippen LogP contribution in [0.3, 0.4) is 0 Å². The first-order valence-corrected chi connectivity index (χ1v) is 7.90. The van der Waals surface area contributed by atoms with E-state index in [2.05, 4.69) is 15.3 Å². The molecule has 0 spiro atoms. The molecule has 0 saturated heterocycles. The van der Waals surface area contributed by atoms with Gasteiger partial charge < -0.3 is 14.8 Å². The van der Waals surface area contributed by atoms with Gasteiger partial charge in [0.25, 0.3) is 0 Å². The van der Waals surface area contributed by atoms with Gasteiger partial charge in [-0.25, -0.2) is 4.98 Å². The lowest BCUT2D eigenvalue weighted by molar-refractivity contribution is 0.171. The number of ether oxygens (including phenoxy) is 2. The largest absolute Gasteiger partial charge is 0.486 e. The summed E-state index contributed by atoms with van der Waals surface area (Å²) in [5, 5.41) is 3.79. The molecule has 0 radical (unpaired) electrons. The molecule has 0 saturated carbocycles. The number of anilines is 2. The topological polar surface area (TPSA) is 56.3 Å². The lowest BCUT2D eigenvalue weighted by Crippen LogP contribution is -2.15. The summed E-state index contributed by atoms with van der Waals surface area (Å²) in [5.74, 6) is 2.13. The summed E-state index contributed by atoms with van der Waals surface area (Å²) >= 11 is 6.59. The third-order valence-electron chi connectivity index (χ3n) is 3.68. The Bertz CT molecular complexity index is 871. The fraction of sp³-hybridized carbons (Fsp3) is 0.111. The van der Waals surface area contributed by atoms with Crippen LogP contribution in [-0.2, 0) is 0 Å². The molecule has 1 aliphatic rings. The molecule has 0 atom stereocenters. The minimum absolute atomic E-state index is 0.554. The smallest absolute Gasteiger partial charge is 0.161 e. The molecule has 6 heteroatoms. The summed E-state index contributed by atoms with van der Waals surface area (Å²) < 4.78 is 11.2. The van der Waals surface area contributed by atoms with Gasteiger partial charge in [0.2, 0.25) is 0 Å². The quantitative estimate of drug-likeness (QED) is 0.770. The van der Waals surface area contributed by atoms with Crippen molar-refractivity contribution in [2.75, 3.05) is 18.5 Å². The van der Waals surface area contributed by atoms with Crippen LogP contribution in [0.15, 0.2) is 55.0 Å². The third-order valence-corrected chi connectivity index (χ3v) is 4.09. The second kappa shape index (κ2) is 6.37. The molecule has 0 amide bonds. The summed E-state index contributed by atoms with van der Waals surface area (Å²) in [6.45, 7) is 1.13. The van der Waals surface area contributed by atoms with Crippen LogP contribution < -0.4 is 14.8 Å². The molecule has 0 aliphatic carbocycles. The Morgan fingerprint density at radius 1 is 1.00 bits per heavy atom. The Kier molecular flexibility index (Phi) is 3.92. The lowest BCUT2D eigenvalue weighted by Gasteiger charge is -2.19. The highest BCUT2D eigenvalue weighted by molar-refractivity contribution is 6.36. The number of hydrogen-bond donors (Lipinski definition) is 1. The van der Waals surface area contributed by atoms with Crippen molar-refractivity contribution in [3.05, 3.63) is 60.0 Å². The Balaban J connectivity index is 1.70. The number of hydrogen-bond acceptors (Lipinski definition) is 5. The monoisotopic (exact) mass is 339 g/mol. The van der Waals surface area contributed by atoms with Crippen molar-refractivity contribution in [2.45, 2.75) is 0 Å². The molecular formula is C18H14ClN3O2. The maximum absolute atomic E-state index is 6.59. The van der Waals surface area contributed by atoms with Crippen molar-refractivity contribution >= 4 is 23.1 Å². The number of rotatable bonds is 3. The van der Waals surface area contributed by atoms with E-state index in [0.717, 1.165) is 28.3 Å². The first kappa shape index (κ1) is 14.8. The maximum atomic E-state index is 6.59. The average molecular weight is 340 g/mol. The van der Waals surface area contributed by atoms with Gasteiger partial charge in [-0.05, 0) is 23.8 Å². The second-order valence-electron chi connectivity index (χ2n) is 5.24. The highest BCUT2D eigenvalue weighted by Crippen LogP contribution is 2.39. The number of benzene rings is 2. The van der Waals surface area contributed by atoms with Crippen molar-refractivity contribution in [3.8, 4) is 22.6 Å². The first-order valence-electron chi connectivity index (χ1n) is 7.53. The molecule has 1 aliphatic heterocycles. The van der Waals surface area contributed by atoms with Gasteiger partial charge in [-0.3, -0.25) is 4.98 Å². The number of fused-ring (bicyclic) bond motifs is 1. The number of nitrogens with zero attached hydrogens (tertiary/aromatic N) is 2. The average Bonchev–Trinajstić information content (AvgIpc) is 2.64. The summed E-state index contributed by atoms with van der Waals surface area (Å²) in [6, 6.07) is 11.6. The van der Waals surface area contributed by atoms with Crippen LogP contribution in [0.2, 0.25) is 5.02 Å². The van der Waals surface area contributed by atoms with Crippen molar-refractivity contribution in [2.24, 2.45) is 0 Å². The Morgan fingerprint density at radius 2 is 1.88 bits per heavy atom. The van der Waals surface area contributed by atoms with Crippen LogP contribution in [0.25, 0.3) is 11.1 Å². The van der Waals surface area contributed by atoms with Crippen LogP contribution in [0.1, 0.15) is 0 Å². The number of aromatic nitrogens is 2. The van der Waals surface area contributed by atoms with Gasteiger partial charge in [-0.15, -0.1) is 0 Å². The highest BCUT2D eigenvalue weighted by atomic mass is 35.5. The zero-order valence-electron chi connectivity index (χ0n) is 12.7. The van der Waals surface area contributed by atoms with E-state index in [4.69, 9.17) is 21.1 Å². The normalized spacial score (nSPS) is 12.7. The molecule has 2 aromatic carbocycles. The van der Waals surface area contributed by atoms with E-state index in [1.54, 1.807) is 18.6 Å². The van der Waals surface area contributed by atoms with Gasteiger partial charge in [0.05, 0.1) is 16.9 Å². The van der Waals surface area contributed by atoms with Gasteiger partial charge in [0.15, 0.2) is 11.5 Å². The van der Waals surface area contributed by atoms with Crippen molar-refractivity contribution < 1.29 is 9.47 Å². The van der Waals surface area contributed by atoms with E-state index in [0.29, 0.717) is 24.1 Å². The third kappa shape index (κ3) is 2.86.